The van der Waals surface area contributed by atoms with Crippen LogP contribution in [-0.2, 0) is 0 Å². The largest absolute Gasteiger partial charge is 0.456 e. The van der Waals surface area contributed by atoms with E-state index in [4.69, 9.17) is 28.8 Å². The summed E-state index contributed by atoms with van der Waals surface area (Å²) in [5.41, 5.74) is 8.75. The lowest BCUT2D eigenvalue weighted by atomic mass is 10.0. The third kappa shape index (κ3) is 4.52. The summed E-state index contributed by atoms with van der Waals surface area (Å²) in [6.45, 7) is 0. The van der Waals surface area contributed by atoms with Crippen molar-refractivity contribution in [2.75, 3.05) is 0 Å². The van der Waals surface area contributed by atoms with Gasteiger partial charge in [0.05, 0.1) is 0 Å². The van der Waals surface area contributed by atoms with Crippen LogP contribution in [-0.4, -0.2) is 19.9 Å². The van der Waals surface area contributed by atoms with Gasteiger partial charge in [0.2, 0.25) is 5.89 Å². The van der Waals surface area contributed by atoms with Gasteiger partial charge in [-0.1, -0.05) is 115 Å². The van der Waals surface area contributed by atoms with Crippen molar-refractivity contribution in [2.45, 2.75) is 0 Å². The number of rotatable bonds is 5. The van der Waals surface area contributed by atoms with Crippen LogP contribution < -0.4 is 0 Å². The molecule has 0 aliphatic rings. The molecular formula is C40H24N4O2. The SMILES string of the molecule is c1ccc(-c2ccc(-c3nc(-c4ccccc4)nc(-c4cccc5oc6cc7nc(-c8ccccc8)oc7cc6c45)n3)cc2)cc1. The van der Waals surface area contributed by atoms with Crippen molar-refractivity contribution >= 4 is 33.0 Å². The number of benzene rings is 6. The van der Waals surface area contributed by atoms with Crippen molar-refractivity contribution in [1.82, 2.24) is 19.9 Å². The summed E-state index contributed by atoms with van der Waals surface area (Å²) < 4.78 is 12.6. The molecule has 0 unspecified atom stereocenters. The summed E-state index contributed by atoms with van der Waals surface area (Å²) in [5, 5.41) is 1.82. The van der Waals surface area contributed by atoms with Gasteiger partial charge in [-0.25, -0.2) is 19.9 Å². The normalized spacial score (nSPS) is 11.5. The maximum Gasteiger partial charge on any atom is 0.227 e. The van der Waals surface area contributed by atoms with E-state index in [1.807, 2.05) is 109 Å². The number of hydrogen-bond acceptors (Lipinski definition) is 6. The minimum absolute atomic E-state index is 0.562. The maximum atomic E-state index is 6.37. The Balaban J connectivity index is 1.22. The van der Waals surface area contributed by atoms with E-state index in [0.717, 1.165) is 60.8 Å². The van der Waals surface area contributed by atoms with Crippen LogP contribution in [0.2, 0.25) is 0 Å². The molecule has 6 aromatic carbocycles. The number of furan rings is 1. The van der Waals surface area contributed by atoms with Crippen molar-refractivity contribution < 1.29 is 8.83 Å². The van der Waals surface area contributed by atoms with E-state index >= 15 is 0 Å². The van der Waals surface area contributed by atoms with E-state index < -0.39 is 0 Å². The highest BCUT2D eigenvalue weighted by Gasteiger charge is 2.20. The third-order valence-corrected chi connectivity index (χ3v) is 8.18. The van der Waals surface area contributed by atoms with Crippen LogP contribution in [0.5, 0.6) is 0 Å². The summed E-state index contributed by atoms with van der Waals surface area (Å²) in [5.74, 6) is 2.33. The second kappa shape index (κ2) is 10.6. The molecule has 6 heteroatoms. The van der Waals surface area contributed by atoms with Crippen LogP contribution in [0.25, 0.3) is 89.8 Å². The predicted molar refractivity (Wildman–Crippen MR) is 182 cm³/mol. The van der Waals surface area contributed by atoms with Crippen LogP contribution in [0.4, 0.5) is 0 Å². The molecule has 0 aliphatic carbocycles. The molecular weight excluding hydrogens is 568 g/mol. The van der Waals surface area contributed by atoms with Crippen LogP contribution >= 0.6 is 0 Å². The minimum atomic E-state index is 0.562. The zero-order valence-electron chi connectivity index (χ0n) is 24.5. The van der Waals surface area contributed by atoms with Gasteiger partial charge in [-0.2, -0.15) is 0 Å². The van der Waals surface area contributed by atoms with Gasteiger partial charge in [0.1, 0.15) is 16.7 Å². The fraction of sp³-hybridized carbons (Fsp3) is 0. The quantitative estimate of drug-likeness (QED) is 0.198. The Kier molecular flexibility index (Phi) is 6.03. The van der Waals surface area contributed by atoms with Gasteiger partial charge in [0, 0.05) is 39.1 Å². The highest BCUT2D eigenvalue weighted by atomic mass is 16.4. The number of nitrogens with zero attached hydrogens (tertiary/aromatic N) is 4. The molecule has 0 atom stereocenters. The second-order valence-corrected chi connectivity index (χ2v) is 11.1. The zero-order valence-corrected chi connectivity index (χ0v) is 24.5. The zero-order chi connectivity index (χ0) is 30.5. The van der Waals surface area contributed by atoms with E-state index in [9.17, 15) is 0 Å². The Morgan fingerprint density at radius 2 is 0.935 bits per heavy atom. The van der Waals surface area contributed by atoms with Crippen LogP contribution in [0.1, 0.15) is 0 Å². The fourth-order valence-corrected chi connectivity index (χ4v) is 5.92. The van der Waals surface area contributed by atoms with Crippen molar-refractivity contribution in [3.63, 3.8) is 0 Å². The molecule has 9 aromatic rings. The molecule has 0 aliphatic heterocycles. The fourth-order valence-electron chi connectivity index (χ4n) is 5.92. The summed E-state index contributed by atoms with van der Waals surface area (Å²) in [7, 11) is 0. The minimum Gasteiger partial charge on any atom is -0.456 e. The number of aromatic nitrogens is 4. The topological polar surface area (TPSA) is 77.8 Å². The number of oxazole rings is 1. The van der Waals surface area contributed by atoms with Gasteiger partial charge in [0.15, 0.2) is 23.1 Å². The third-order valence-electron chi connectivity index (χ3n) is 8.18. The maximum absolute atomic E-state index is 6.37. The van der Waals surface area contributed by atoms with Crippen LogP contribution in [0.3, 0.4) is 0 Å². The monoisotopic (exact) mass is 592 g/mol. The molecule has 46 heavy (non-hydrogen) atoms. The smallest absolute Gasteiger partial charge is 0.227 e. The Morgan fingerprint density at radius 3 is 1.63 bits per heavy atom. The van der Waals surface area contributed by atoms with Gasteiger partial charge in [-0.15, -0.1) is 0 Å². The molecule has 0 bridgehead atoms. The molecule has 0 amide bonds. The van der Waals surface area contributed by atoms with Crippen molar-refractivity contribution in [3.8, 4) is 56.7 Å². The first kappa shape index (κ1) is 26.0. The first-order valence-corrected chi connectivity index (χ1v) is 15.1. The van der Waals surface area contributed by atoms with E-state index in [2.05, 4.69) is 36.4 Å². The molecule has 6 nitrogen and oxygen atoms in total. The lowest BCUT2D eigenvalue weighted by Gasteiger charge is -2.10. The van der Waals surface area contributed by atoms with Crippen LogP contribution in [0, 0.1) is 0 Å². The lowest BCUT2D eigenvalue weighted by Crippen LogP contribution is -2.00. The molecule has 0 saturated heterocycles. The molecule has 9 rings (SSSR count). The molecule has 0 fully saturated rings. The average molecular weight is 593 g/mol. The second-order valence-electron chi connectivity index (χ2n) is 11.1. The van der Waals surface area contributed by atoms with Gasteiger partial charge >= 0.3 is 0 Å². The first-order valence-electron chi connectivity index (χ1n) is 15.1. The van der Waals surface area contributed by atoms with Gasteiger partial charge in [-0.05, 0) is 35.4 Å². The first-order chi connectivity index (χ1) is 22.8. The Morgan fingerprint density at radius 1 is 0.370 bits per heavy atom. The van der Waals surface area contributed by atoms with Gasteiger partial charge < -0.3 is 8.83 Å². The summed E-state index contributed by atoms with van der Waals surface area (Å²) >= 11 is 0. The van der Waals surface area contributed by atoms with Crippen molar-refractivity contribution in [1.29, 1.82) is 0 Å². The van der Waals surface area contributed by atoms with Gasteiger partial charge in [-0.3, -0.25) is 0 Å². The summed E-state index contributed by atoms with van der Waals surface area (Å²) in [4.78, 5) is 19.7. The van der Waals surface area contributed by atoms with E-state index in [0.29, 0.717) is 28.9 Å². The summed E-state index contributed by atoms with van der Waals surface area (Å²) in [6, 6.07) is 48.5. The standard InChI is InChI=1S/C40H24N4O2/c1-4-11-25(12-5-1)26-19-21-28(22-20-26)38-42-37(27-13-6-2-7-14-27)43-39(44-38)30-17-10-18-33-36(30)31-23-35-32(24-34(31)45-33)41-40(46-35)29-15-8-3-9-16-29/h1-24H. The molecule has 3 heterocycles. The van der Waals surface area contributed by atoms with E-state index in [-0.39, 0.29) is 0 Å². The summed E-state index contributed by atoms with van der Waals surface area (Å²) in [6.07, 6.45) is 0. The van der Waals surface area contributed by atoms with Crippen molar-refractivity contribution in [2.24, 2.45) is 0 Å². The van der Waals surface area contributed by atoms with Crippen molar-refractivity contribution in [3.05, 3.63) is 146 Å². The molecule has 0 saturated carbocycles. The average Bonchev–Trinajstić information content (AvgIpc) is 3.72. The number of hydrogen-bond donors (Lipinski definition) is 0. The molecule has 0 spiro atoms. The van der Waals surface area contributed by atoms with E-state index in [1.54, 1.807) is 0 Å². The highest BCUT2D eigenvalue weighted by Crippen LogP contribution is 2.39. The molecule has 3 aromatic heterocycles. The van der Waals surface area contributed by atoms with Crippen LogP contribution in [0.15, 0.2) is 154 Å². The Hall–Kier alpha value is -6.40. The lowest BCUT2D eigenvalue weighted by molar-refractivity contribution is 0.620. The Bertz CT molecular complexity index is 2500. The predicted octanol–water partition coefficient (Wildman–Crippen LogP) is 10.2. The molecule has 0 radical (unpaired) electrons. The van der Waals surface area contributed by atoms with Gasteiger partial charge in [0.25, 0.3) is 0 Å². The number of fused-ring (bicyclic) bond motifs is 4. The highest BCUT2D eigenvalue weighted by molar-refractivity contribution is 6.14. The molecule has 0 N–H and O–H groups in total. The Labute approximate surface area is 263 Å². The van der Waals surface area contributed by atoms with E-state index in [1.165, 1.54) is 0 Å². The molecule has 216 valence electrons.